The number of ether oxygens (including phenoxy) is 1. The Morgan fingerprint density at radius 1 is 1.00 bits per heavy atom. The minimum absolute atomic E-state index is 0.686. The van der Waals surface area contributed by atoms with Gasteiger partial charge in [-0.3, -0.25) is 0 Å². The normalized spacial score (nSPS) is 14.2. The van der Waals surface area contributed by atoms with Crippen LogP contribution in [0.2, 0.25) is 0 Å². The van der Waals surface area contributed by atoms with Gasteiger partial charge in [0.2, 0.25) is 0 Å². The van der Waals surface area contributed by atoms with Crippen LogP contribution in [0.15, 0.2) is 42.5 Å². The molecular formula is C17H21N3O. The highest BCUT2D eigenvalue weighted by Crippen LogP contribution is 2.27. The van der Waals surface area contributed by atoms with Gasteiger partial charge in [0, 0.05) is 48.0 Å². The number of nitrogens with zero attached hydrogens (tertiary/aromatic N) is 1. The summed E-state index contributed by atoms with van der Waals surface area (Å²) >= 11 is 0. The zero-order chi connectivity index (χ0) is 14.7. The Morgan fingerprint density at radius 2 is 1.71 bits per heavy atom. The number of anilines is 4. The third-order valence-corrected chi connectivity index (χ3v) is 3.79. The zero-order valence-electron chi connectivity index (χ0n) is 12.3. The van der Waals surface area contributed by atoms with Crippen LogP contribution in [0, 0.1) is 0 Å². The van der Waals surface area contributed by atoms with Crippen molar-refractivity contribution in [2.75, 3.05) is 36.1 Å². The van der Waals surface area contributed by atoms with E-state index >= 15 is 0 Å². The first-order valence-electron chi connectivity index (χ1n) is 7.31. The van der Waals surface area contributed by atoms with Gasteiger partial charge in [0.15, 0.2) is 0 Å². The van der Waals surface area contributed by atoms with Gasteiger partial charge in [-0.2, -0.15) is 0 Å². The van der Waals surface area contributed by atoms with Crippen molar-refractivity contribution in [1.82, 2.24) is 0 Å². The van der Waals surface area contributed by atoms with Gasteiger partial charge >= 0.3 is 0 Å². The largest absolute Gasteiger partial charge is 0.497 e. The second kappa shape index (κ2) is 5.95. The average Bonchev–Trinajstić information content (AvgIpc) is 3.01. The Bertz CT molecular complexity index is 604. The van der Waals surface area contributed by atoms with Crippen molar-refractivity contribution in [3.8, 4) is 5.75 Å². The van der Waals surface area contributed by atoms with Gasteiger partial charge in [0.1, 0.15) is 5.75 Å². The molecule has 2 aromatic carbocycles. The van der Waals surface area contributed by atoms with Crippen molar-refractivity contribution in [3.63, 3.8) is 0 Å². The Balaban J connectivity index is 1.74. The van der Waals surface area contributed by atoms with Crippen LogP contribution in [0.4, 0.5) is 22.7 Å². The van der Waals surface area contributed by atoms with Gasteiger partial charge in [-0.25, -0.2) is 0 Å². The molecule has 0 amide bonds. The molecule has 2 aromatic rings. The molecule has 0 unspecified atom stereocenters. The van der Waals surface area contributed by atoms with Crippen LogP contribution in [0.3, 0.4) is 0 Å². The van der Waals surface area contributed by atoms with Gasteiger partial charge in [-0.1, -0.05) is 0 Å². The molecule has 1 fully saturated rings. The third kappa shape index (κ3) is 3.21. The van der Waals surface area contributed by atoms with E-state index in [-0.39, 0.29) is 0 Å². The van der Waals surface area contributed by atoms with Crippen LogP contribution >= 0.6 is 0 Å². The van der Waals surface area contributed by atoms with Crippen LogP contribution in [-0.4, -0.2) is 20.2 Å². The fourth-order valence-corrected chi connectivity index (χ4v) is 2.71. The van der Waals surface area contributed by atoms with Crippen LogP contribution in [0.25, 0.3) is 0 Å². The second-order valence-electron chi connectivity index (χ2n) is 5.36. The molecule has 3 rings (SSSR count). The predicted molar refractivity (Wildman–Crippen MR) is 88.6 cm³/mol. The first-order valence-corrected chi connectivity index (χ1v) is 7.31. The smallest absolute Gasteiger partial charge is 0.122 e. The molecule has 0 radical (unpaired) electrons. The van der Waals surface area contributed by atoms with Gasteiger partial charge < -0.3 is 20.7 Å². The van der Waals surface area contributed by atoms with E-state index in [1.54, 1.807) is 7.11 Å². The van der Waals surface area contributed by atoms with Crippen LogP contribution in [0.5, 0.6) is 5.75 Å². The van der Waals surface area contributed by atoms with E-state index in [4.69, 9.17) is 10.5 Å². The van der Waals surface area contributed by atoms with E-state index in [0.29, 0.717) is 5.69 Å². The lowest BCUT2D eigenvalue weighted by Gasteiger charge is -2.18. The molecule has 4 heteroatoms. The van der Waals surface area contributed by atoms with E-state index in [2.05, 4.69) is 34.5 Å². The Kier molecular flexibility index (Phi) is 3.86. The Labute approximate surface area is 125 Å². The van der Waals surface area contributed by atoms with E-state index in [1.807, 2.05) is 18.2 Å². The minimum atomic E-state index is 0.686. The molecular weight excluding hydrogens is 262 g/mol. The van der Waals surface area contributed by atoms with Gasteiger partial charge in [-0.15, -0.1) is 0 Å². The van der Waals surface area contributed by atoms with Crippen LogP contribution in [0.1, 0.15) is 12.8 Å². The van der Waals surface area contributed by atoms with E-state index in [1.165, 1.54) is 31.6 Å². The summed E-state index contributed by atoms with van der Waals surface area (Å²) in [6.07, 6.45) is 2.59. The maximum absolute atomic E-state index is 5.87. The first-order chi connectivity index (χ1) is 10.2. The maximum Gasteiger partial charge on any atom is 0.122 e. The van der Waals surface area contributed by atoms with Crippen molar-refractivity contribution < 1.29 is 4.74 Å². The Morgan fingerprint density at radius 3 is 2.38 bits per heavy atom. The third-order valence-electron chi connectivity index (χ3n) is 3.79. The summed E-state index contributed by atoms with van der Waals surface area (Å²) in [6.45, 7) is 2.33. The molecule has 4 nitrogen and oxygen atoms in total. The van der Waals surface area contributed by atoms with E-state index < -0.39 is 0 Å². The Hall–Kier alpha value is -2.36. The van der Waals surface area contributed by atoms with Gasteiger partial charge in [0.25, 0.3) is 0 Å². The molecule has 1 aliphatic heterocycles. The lowest BCUT2D eigenvalue weighted by molar-refractivity contribution is 0.415. The quantitative estimate of drug-likeness (QED) is 0.841. The van der Waals surface area contributed by atoms with Crippen molar-refractivity contribution >= 4 is 22.7 Å². The zero-order valence-corrected chi connectivity index (χ0v) is 12.3. The standard InChI is InChI=1S/C17H21N3O/c1-21-17-11-13(18)10-15(12-17)19-14-4-6-16(7-5-14)20-8-2-3-9-20/h4-7,10-12,19H,2-3,8-9,18H2,1H3. The molecule has 0 saturated carbocycles. The molecule has 3 N–H and O–H groups in total. The molecule has 21 heavy (non-hydrogen) atoms. The second-order valence-corrected chi connectivity index (χ2v) is 5.36. The van der Waals surface area contributed by atoms with Crippen LogP contribution in [-0.2, 0) is 0 Å². The molecule has 110 valence electrons. The molecule has 1 heterocycles. The fourth-order valence-electron chi connectivity index (χ4n) is 2.71. The summed E-state index contributed by atoms with van der Waals surface area (Å²) in [4.78, 5) is 2.42. The van der Waals surface area contributed by atoms with Crippen molar-refractivity contribution in [2.45, 2.75) is 12.8 Å². The molecule has 0 atom stereocenters. The highest BCUT2D eigenvalue weighted by molar-refractivity contribution is 5.67. The van der Waals surface area contributed by atoms with Crippen molar-refractivity contribution in [3.05, 3.63) is 42.5 Å². The summed E-state index contributed by atoms with van der Waals surface area (Å²) in [5.41, 5.74) is 9.83. The van der Waals surface area contributed by atoms with Crippen LogP contribution < -0.4 is 20.7 Å². The topological polar surface area (TPSA) is 50.5 Å². The van der Waals surface area contributed by atoms with Gasteiger partial charge in [-0.05, 0) is 43.2 Å². The highest BCUT2D eigenvalue weighted by Gasteiger charge is 2.11. The number of nitrogen functional groups attached to an aromatic ring is 1. The molecule has 0 aromatic heterocycles. The number of nitrogens with one attached hydrogen (secondary N) is 1. The molecule has 1 saturated heterocycles. The molecule has 0 bridgehead atoms. The summed E-state index contributed by atoms with van der Waals surface area (Å²) in [5.74, 6) is 0.756. The van der Waals surface area contributed by atoms with Gasteiger partial charge in [0.05, 0.1) is 7.11 Å². The fraction of sp³-hybridized carbons (Fsp3) is 0.294. The highest BCUT2D eigenvalue weighted by atomic mass is 16.5. The average molecular weight is 283 g/mol. The first kappa shape index (κ1) is 13.6. The number of nitrogens with two attached hydrogens (primary N) is 1. The summed E-state index contributed by atoms with van der Waals surface area (Å²) in [6, 6.07) is 14.2. The van der Waals surface area contributed by atoms with Crippen molar-refractivity contribution in [1.29, 1.82) is 0 Å². The number of benzene rings is 2. The molecule has 1 aliphatic rings. The SMILES string of the molecule is COc1cc(N)cc(Nc2ccc(N3CCCC3)cc2)c1. The van der Waals surface area contributed by atoms with E-state index in [9.17, 15) is 0 Å². The number of hydrogen-bond donors (Lipinski definition) is 2. The monoisotopic (exact) mass is 283 g/mol. The summed E-state index contributed by atoms with van der Waals surface area (Å²) in [7, 11) is 1.64. The summed E-state index contributed by atoms with van der Waals surface area (Å²) < 4.78 is 5.23. The lowest BCUT2D eigenvalue weighted by Crippen LogP contribution is -2.17. The maximum atomic E-state index is 5.87. The number of hydrogen-bond acceptors (Lipinski definition) is 4. The minimum Gasteiger partial charge on any atom is -0.497 e. The predicted octanol–water partition coefficient (Wildman–Crippen LogP) is 3.62. The lowest BCUT2D eigenvalue weighted by atomic mass is 10.2. The van der Waals surface area contributed by atoms with E-state index in [0.717, 1.165) is 17.1 Å². The summed E-state index contributed by atoms with van der Waals surface area (Å²) in [5, 5.41) is 3.36. The van der Waals surface area contributed by atoms with Crippen molar-refractivity contribution in [2.24, 2.45) is 0 Å². The molecule has 0 aliphatic carbocycles. The number of methoxy groups -OCH3 is 1. The molecule has 0 spiro atoms. The number of rotatable bonds is 4.